The van der Waals surface area contributed by atoms with Gasteiger partial charge < -0.3 is 20.5 Å². The van der Waals surface area contributed by atoms with E-state index < -0.39 is 5.91 Å². The number of aliphatic hydroxyl groups is 1. The molecule has 1 amide bonds. The Morgan fingerprint density at radius 3 is 2.23 bits per heavy atom. The summed E-state index contributed by atoms with van der Waals surface area (Å²) in [7, 11) is 1.59. The smallest absolute Gasteiger partial charge is 0.263 e. The number of nitrogens with zero attached hydrogens (tertiary/aromatic N) is 1. The molecule has 134 valence electrons. The highest BCUT2D eigenvalue weighted by Gasteiger charge is 2.08. The lowest BCUT2D eigenvalue weighted by Crippen LogP contribution is -2.25. The fraction of sp³-hybridized carbons (Fsp3) is 0.200. The van der Waals surface area contributed by atoms with Gasteiger partial charge in [0, 0.05) is 19.3 Å². The quantitative estimate of drug-likeness (QED) is 0.499. The predicted molar refractivity (Wildman–Crippen MR) is 97.7 cm³/mol. The summed E-state index contributed by atoms with van der Waals surface area (Å²) in [6.07, 6.45) is 1.41. The van der Waals surface area contributed by atoms with Crippen molar-refractivity contribution in [2.24, 2.45) is 0 Å². The standard InChI is InChI=1S/C20H21N3O3/c1-26-19-8-6-16(7-9-19)12-23-20(25)18(10-21)13-22-11-15-2-4-17(14-24)5-3-15/h2-9,13,22,24H,11-12,14H2,1H3,(H,23,25)/b18-13-. The molecule has 0 heterocycles. The van der Waals surface area contributed by atoms with Crippen molar-refractivity contribution in [1.29, 1.82) is 5.26 Å². The van der Waals surface area contributed by atoms with Crippen molar-refractivity contribution >= 4 is 5.91 Å². The normalized spacial score (nSPS) is 10.7. The topological polar surface area (TPSA) is 94.4 Å². The van der Waals surface area contributed by atoms with Gasteiger partial charge in [0.15, 0.2) is 0 Å². The fourth-order valence-electron chi connectivity index (χ4n) is 2.20. The van der Waals surface area contributed by atoms with Crippen LogP contribution in [0.2, 0.25) is 0 Å². The summed E-state index contributed by atoms with van der Waals surface area (Å²) in [4.78, 5) is 12.1. The predicted octanol–water partition coefficient (Wildman–Crippen LogP) is 2.00. The lowest BCUT2D eigenvalue weighted by molar-refractivity contribution is -0.117. The number of amides is 1. The molecular weight excluding hydrogens is 330 g/mol. The number of rotatable bonds is 8. The van der Waals surface area contributed by atoms with Crippen LogP contribution in [0.4, 0.5) is 0 Å². The number of carbonyl (C=O) groups is 1. The molecule has 2 aromatic carbocycles. The van der Waals surface area contributed by atoms with Crippen LogP contribution in [-0.4, -0.2) is 18.1 Å². The van der Waals surface area contributed by atoms with Gasteiger partial charge in [-0.05, 0) is 28.8 Å². The zero-order valence-corrected chi connectivity index (χ0v) is 14.5. The second-order valence-corrected chi connectivity index (χ2v) is 5.56. The molecule has 0 bridgehead atoms. The van der Waals surface area contributed by atoms with E-state index in [1.165, 1.54) is 6.20 Å². The Bertz CT molecular complexity index is 791. The van der Waals surface area contributed by atoms with Gasteiger partial charge in [-0.3, -0.25) is 4.79 Å². The van der Waals surface area contributed by atoms with E-state index in [1.807, 2.05) is 54.6 Å². The molecule has 0 aliphatic rings. The molecule has 2 aromatic rings. The first-order valence-corrected chi connectivity index (χ1v) is 8.09. The first-order chi connectivity index (χ1) is 12.7. The maximum Gasteiger partial charge on any atom is 0.263 e. The minimum atomic E-state index is -0.438. The Balaban J connectivity index is 1.86. The maximum atomic E-state index is 12.1. The largest absolute Gasteiger partial charge is 0.497 e. The van der Waals surface area contributed by atoms with Gasteiger partial charge in [0.2, 0.25) is 0 Å². The Kier molecular flexibility index (Phi) is 7.22. The third-order valence-corrected chi connectivity index (χ3v) is 3.74. The number of hydrogen-bond donors (Lipinski definition) is 3. The molecule has 0 unspecified atom stereocenters. The van der Waals surface area contributed by atoms with Crippen LogP contribution in [0.1, 0.15) is 16.7 Å². The van der Waals surface area contributed by atoms with Crippen LogP contribution in [0.5, 0.6) is 5.75 Å². The van der Waals surface area contributed by atoms with E-state index in [1.54, 1.807) is 7.11 Å². The summed E-state index contributed by atoms with van der Waals surface area (Å²) in [5.41, 5.74) is 2.73. The van der Waals surface area contributed by atoms with E-state index in [2.05, 4.69) is 10.6 Å². The van der Waals surface area contributed by atoms with Gasteiger partial charge in [0.05, 0.1) is 13.7 Å². The molecule has 0 atom stereocenters. The molecule has 6 nitrogen and oxygen atoms in total. The Morgan fingerprint density at radius 2 is 1.65 bits per heavy atom. The van der Waals surface area contributed by atoms with Gasteiger partial charge >= 0.3 is 0 Å². The van der Waals surface area contributed by atoms with Crippen molar-refractivity contribution in [3.8, 4) is 11.8 Å². The van der Waals surface area contributed by atoms with E-state index in [4.69, 9.17) is 15.1 Å². The van der Waals surface area contributed by atoms with Gasteiger partial charge in [0.25, 0.3) is 5.91 Å². The highest BCUT2D eigenvalue weighted by molar-refractivity contribution is 5.97. The van der Waals surface area contributed by atoms with Crippen LogP contribution in [0.15, 0.2) is 60.3 Å². The number of hydrogen-bond acceptors (Lipinski definition) is 5. The summed E-state index contributed by atoms with van der Waals surface area (Å²) >= 11 is 0. The van der Waals surface area contributed by atoms with Crippen molar-refractivity contribution in [2.75, 3.05) is 7.11 Å². The van der Waals surface area contributed by atoms with Gasteiger partial charge in [-0.25, -0.2) is 0 Å². The van der Waals surface area contributed by atoms with Crippen molar-refractivity contribution in [3.63, 3.8) is 0 Å². The summed E-state index contributed by atoms with van der Waals surface area (Å²) in [5.74, 6) is 0.306. The molecule has 26 heavy (non-hydrogen) atoms. The third kappa shape index (κ3) is 5.65. The number of aliphatic hydroxyl groups excluding tert-OH is 1. The molecule has 0 aromatic heterocycles. The molecule has 0 saturated carbocycles. The molecule has 0 aliphatic heterocycles. The van der Waals surface area contributed by atoms with E-state index in [-0.39, 0.29) is 12.2 Å². The zero-order chi connectivity index (χ0) is 18.8. The van der Waals surface area contributed by atoms with Gasteiger partial charge in [-0.1, -0.05) is 36.4 Å². The molecule has 0 saturated heterocycles. The first-order valence-electron chi connectivity index (χ1n) is 8.09. The van der Waals surface area contributed by atoms with E-state index in [0.29, 0.717) is 13.1 Å². The number of nitriles is 1. The van der Waals surface area contributed by atoms with Gasteiger partial charge in [-0.15, -0.1) is 0 Å². The number of methoxy groups -OCH3 is 1. The van der Waals surface area contributed by atoms with E-state index in [0.717, 1.165) is 22.4 Å². The van der Waals surface area contributed by atoms with Crippen molar-refractivity contribution in [1.82, 2.24) is 10.6 Å². The lowest BCUT2D eigenvalue weighted by Gasteiger charge is -2.07. The highest BCUT2D eigenvalue weighted by Crippen LogP contribution is 2.11. The summed E-state index contributed by atoms with van der Waals surface area (Å²) < 4.78 is 5.08. The zero-order valence-electron chi connectivity index (χ0n) is 14.5. The SMILES string of the molecule is COc1ccc(CNC(=O)/C(C#N)=C\NCc2ccc(CO)cc2)cc1. The van der Waals surface area contributed by atoms with Crippen molar-refractivity contribution < 1.29 is 14.6 Å². The highest BCUT2D eigenvalue weighted by atomic mass is 16.5. The summed E-state index contributed by atoms with van der Waals surface area (Å²) in [6.45, 7) is 0.799. The molecule has 2 rings (SSSR count). The Labute approximate surface area is 152 Å². The van der Waals surface area contributed by atoms with Crippen LogP contribution in [0.3, 0.4) is 0 Å². The second-order valence-electron chi connectivity index (χ2n) is 5.56. The second kappa shape index (κ2) is 9.87. The molecule has 0 aliphatic carbocycles. The number of benzene rings is 2. The lowest BCUT2D eigenvalue weighted by atomic mass is 10.1. The summed E-state index contributed by atoms with van der Waals surface area (Å²) in [5, 5.41) is 23.9. The van der Waals surface area contributed by atoms with Gasteiger partial charge in [0.1, 0.15) is 17.4 Å². The molecule has 0 fully saturated rings. The number of ether oxygens (including phenoxy) is 1. The number of nitrogens with one attached hydrogen (secondary N) is 2. The van der Waals surface area contributed by atoms with E-state index >= 15 is 0 Å². The minimum absolute atomic E-state index is 0.000554. The van der Waals surface area contributed by atoms with Crippen LogP contribution in [-0.2, 0) is 24.5 Å². The van der Waals surface area contributed by atoms with Gasteiger partial charge in [-0.2, -0.15) is 5.26 Å². The monoisotopic (exact) mass is 351 g/mol. The Morgan fingerprint density at radius 1 is 1.08 bits per heavy atom. The van der Waals surface area contributed by atoms with E-state index in [9.17, 15) is 4.79 Å². The van der Waals surface area contributed by atoms with Crippen molar-refractivity contribution in [2.45, 2.75) is 19.7 Å². The Hall–Kier alpha value is -3.30. The molecular formula is C20H21N3O3. The van der Waals surface area contributed by atoms with Crippen LogP contribution >= 0.6 is 0 Å². The minimum Gasteiger partial charge on any atom is -0.497 e. The third-order valence-electron chi connectivity index (χ3n) is 3.74. The van der Waals surface area contributed by atoms with Crippen molar-refractivity contribution in [3.05, 3.63) is 77.0 Å². The molecule has 6 heteroatoms. The fourth-order valence-corrected chi connectivity index (χ4v) is 2.20. The molecule has 0 radical (unpaired) electrons. The average Bonchev–Trinajstić information content (AvgIpc) is 2.70. The van der Waals surface area contributed by atoms with Crippen LogP contribution < -0.4 is 15.4 Å². The molecule has 0 spiro atoms. The number of carbonyl (C=O) groups excluding carboxylic acids is 1. The van der Waals surface area contributed by atoms with Crippen LogP contribution in [0, 0.1) is 11.3 Å². The maximum absolute atomic E-state index is 12.1. The molecule has 3 N–H and O–H groups in total. The van der Waals surface area contributed by atoms with Crippen LogP contribution in [0.25, 0.3) is 0 Å². The summed E-state index contributed by atoms with van der Waals surface area (Å²) in [6, 6.07) is 16.6. The first kappa shape index (κ1) is 19.0. The average molecular weight is 351 g/mol.